The van der Waals surface area contributed by atoms with Gasteiger partial charge in [-0.3, -0.25) is 4.18 Å². The summed E-state index contributed by atoms with van der Waals surface area (Å²) in [7, 11) is -3.61. The second-order valence-corrected chi connectivity index (χ2v) is 9.93. The fourth-order valence-corrected chi connectivity index (χ4v) is 4.89. The fraction of sp³-hybridized carbons (Fsp3) is 0.760. The molecule has 0 saturated heterocycles. The molecule has 1 aromatic rings. The van der Waals surface area contributed by atoms with Gasteiger partial charge in [0.2, 0.25) is 0 Å². The van der Waals surface area contributed by atoms with Crippen LogP contribution in [0.1, 0.15) is 118 Å². The average Bonchev–Trinajstić information content (AvgIpc) is 2.70. The van der Waals surface area contributed by atoms with Crippen molar-refractivity contribution in [1.82, 2.24) is 0 Å². The molecule has 5 heteroatoms. The number of benzene rings is 1. The van der Waals surface area contributed by atoms with Crippen molar-refractivity contribution in [2.24, 2.45) is 0 Å². The molecule has 0 bridgehead atoms. The SMILES string of the molecule is CCCCCCCCCCCCCCCCCCOS(=O)(=O)c1ccccc1C.[Ba+2].[H-].[H-]. The number of hydrogen-bond acceptors (Lipinski definition) is 3. The van der Waals surface area contributed by atoms with Gasteiger partial charge >= 0.3 is 48.9 Å². The van der Waals surface area contributed by atoms with Crippen LogP contribution < -0.4 is 0 Å². The van der Waals surface area contributed by atoms with Crippen LogP contribution in [0.15, 0.2) is 29.2 Å². The first-order valence-electron chi connectivity index (χ1n) is 12.0. The topological polar surface area (TPSA) is 43.4 Å². The van der Waals surface area contributed by atoms with E-state index >= 15 is 0 Å². The van der Waals surface area contributed by atoms with Gasteiger partial charge in [-0.2, -0.15) is 8.42 Å². The average molecular weight is 564 g/mol. The van der Waals surface area contributed by atoms with Crippen LogP contribution in [0, 0.1) is 6.92 Å². The van der Waals surface area contributed by atoms with Crippen LogP contribution in [-0.4, -0.2) is 63.9 Å². The zero-order chi connectivity index (χ0) is 21.2. The van der Waals surface area contributed by atoms with Gasteiger partial charge in [0.05, 0.1) is 11.5 Å². The van der Waals surface area contributed by atoms with Crippen LogP contribution in [0.25, 0.3) is 0 Å². The number of rotatable bonds is 19. The van der Waals surface area contributed by atoms with E-state index in [-0.39, 0.29) is 63.2 Å². The Balaban J connectivity index is -0.00000280. The standard InChI is InChI=1S/C25H44O3S.Ba.2H/c1-3-4-5-6-7-8-9-10-11-12-13-14-15-16-17-20-23-28-29(26,27)25-22-19-18-21-24(25)2;;;/h18-19,21-22H,3-17,20,23H2,1-2H3;;;/q;+2;2*-1. The maximum absolute atomic E-state index is 12.2. The summed E-state index contributed by atoms with van der Waals surface area (Å²) in [5.41, 5.74) is 0.736. The summed E-state index contributed by atoms with van der Waals surface area (Å²) in [5.74, 6) is 0. The largest absolute Gasteiger partial charge is 2.00 e. The first-order chi connectivity index (χ1) is 14.1. The first kappa shape index (κ1) is 30.7. The Morgan fingerprint density at radius 2 is 1.10 bits per heavy atom. The molecule has 0 aliphatic carbocycles. The van der Waals surface area contributed by atoms with Gasteiger partial charge in [-0.1, -0.05) is 121 Å². The minimum absolute atomic E-state index is 0. The Hall–Kier alpha value is 0.701. The fourth-order valence-electron chi connectivity index (χ4n) is 3.72. The molecule has 0 N–H and O–H groups in total. The van der Waals surface area contributed by atoms with Gasteiger partial charge in [-0.05, 0) is 25.0 Å². The van der Waals surface area contributed by atoms with E-state index in [2.05, 4.69) is 6.92 Å². The zero-order valence-electron chi connectivity index (χ0n) is 21.7. The number of hydrogen-bond donors (Lipinski definition) is 0. The number of aryl methyl sites for hydroxylation is 1. The molecule has 0 radical (unpaired) electrons. The van der Waals surface area contributed by atoms with Crippen molar-refractivity contribution >= 4 is 59.0 Å². The second-order valence-electron chi connectivity index (χ2n) is 8.34. The molecule has 0 atom stereocenters. The van der Waals surface area contributed by atoms with Gasteiger partial charge in [0.15, 0.2) is 0 Å². The van der Waals surface area contributed by atoms with E-state index in [1.165, 1.54) is 89.9 Å². The minimum Gasteiger partial charge on any atom is -1.00 e. The summed E-state index contributed by atoms with van der Waals surface area (Å²) >= 11 is 0. The van der Waals surface area contributed by atoms with E-state index in [4.69, 9.17) is 4.18 Å². The summed E-state index contributed by atoms with van der Waals surface area (Å²) < 4.78 is 29.6. The van der Waals surface area contributed by atoms with E-state index in [9.17, 15) is 8.42 Å². The monoisotopic (exact) mass is 564 g/mol. The second kappa shape index (κ2) is 20.3. The summed E-state index contributed by atoms with van der Waals surface area (Å²) in [6.07, 6.45) is 20.9. The van der Waals surface area contributed by atoms with E-state index in [1.54, 1.807) is 25.1 Å². The van der Waals surface area contributed by atoms with E-state index in [0.29, 0.717) is 0 Å². The zero-order valence-corrected chi connectivity index (χ0v) is 24.9. The van der Waals surface area contributed by atoms with Crippen molar-refractivity contribution in [3.8, 4) is 0 Å². The van der Waals surface area contributed by atoms with E-state index < -0.39 is 10.1 Å². The molecule has 3 nitrogen and oxygen atoms in total. The molecule has 30 heavy (non-hydrogen) atoms. The van der Waals surface area contributed by atoms with Crippen LogP contribution in [0.5, 0.6) is 0 Å². The Labute approximate surface area is 230 Å². The third-order valence-corrected chi connectivity index (χ3v) is 7.07. The molecule has 0 fully saturated rings. The molecular formula is C25H46BaO3S. The van der Waals surface area contributed by atoms with Crippen LogP contribution in [0.3, 0.4) is 0 Å². The molecule has 0 saturated carbocycles. The molecule has 0 aromatic heterocycles. The Bertz CT molecular complexity index is 627. The van der Waals surface area contributed by atoms with Gasteiger partial charge in [0.25, 0.3) is 10.1 Å². The Morgan fingerprint density at radius 1 is 0.700 bits per heavy atom. The maximum Gasteiger partial charge on any atom is 2.00 e. The summed E-state index contributed by atoms with van der Waals surface area (Å²) in [4.78, 5) is 0.288. The predicted octanol–water partition coefficient (Wildman–Crippen LogP) is 7.81. The normalized spacial score (nSPS) is 11.4. The Kier molecular flexibility index (Phi) is 20.8. The van der Waals surface area contributed by atoms with Crippen LogP contribution in [0.4, 0.5) is 0 Å². The molecule has 1 rings (SSSR count). The van der Waals surface area contributed by atoms with Gasteiger partial charge in [0.1, 0.15) is 0 Å². The van der Waals surface area contributed by atoms with Crippen molar-refractivity contribution in [2.75, 3.05) is 6.61 Å². The van der Waals surface area contributed by atoms with Crippen LogP contribution in [0.2, 0.25) is 0 Å². The molecule has 172 valence electrons. The first-order valence-corrected chi connectivity index (χ1v) is 13.4. The molecule has 0 aliphatic rings. The van der Waals surface area contributed by atoms with Crippen molar-refractivity contribution in [3.05, 3.63) is 29.8 Å². The summed E-state index contributed by atoms with van der Waals surface area (Å²) in [6.45, 7) is 4.36. The number of unbranched alkanes of at least 4 members (excludes halogenated alkanes) is 15. The summed E-state index contributed by atoms with van der Waals surface area (Å²) in [6, 6.07) is 6.98. The van der Waals surface area contributed by atoms with Gasteiger partial charge in [0, 0.05) is 0 Å². The van der Waals surface area contributed by atoms with Crippen molar-refractivity contribution < 1.29 is 15.5 Å². The molecule has 0 aliphatic heterocycles. The van der Waals surface area contributed by atoms with Crippen molar-refractivity contribution in [3.63, 3.8) is 0 Å². The third-order valence-electron chi connectivity index (χ3n) is 5.60. The molecule has 1 aromatic carbocycles. The molecule has 0 spiro atoms. The van der Waals surface area contributed by atoms with E-state index in [0.717, 1.165) is 18.4 Å². The molecular weight excluding hydrogens is 518 g/mol. The maximum atomic E-state index is 12.2. The third kappa shape index (κ3) is 15.5. The molecule has 0 amide bonds. The molecule has 0 unspecified atom stereocenters. The Morgan fingerprint density at radius 3 is 1.53 bits per heavy atom. The van der Waals surface area contributed by atoms with Crippen LogP contribution in [-0.2, 0) is 14.3 Å². The van der Waals surface area contributed by atoms with Crippen molar-refractivity contribution in [2.45, 2.75) is 121 Å². The van der Waals surface area contributed by atoms with Gasteiger partial charge < -0.3 is 2.85 Å². The predicted molar refractivity (Wildman–Crippen MR) is 132 cm³/mol. The quantitative estimate of drug-likeness (QED) is 0.0979. The minimum atomic E-state index is -3.61. The summed E-state index contributed by atoms with van der Waals surface area (Å²) in [5, 5.41) is 0. The van der Waals surface area contributed by atoms with Crippen molar-refractivity contribution in [1.29, 1.82) is 0 Å². The van der Waals surface area contributed by atoms with Crippen LogP contribution >= 0.6 is 0 Å². The van der Waals surface area contributed by atoms with E-state index in [1.807, 2.05) is 6.07 Å². The van der Waals surface area contributed by atoms with Gasteiger partial charge in [-0.25, -0.2) is 0 Å². The molecule has 0 heterocycles. The smallest absolute Gasteiger partial charge is 1.00 e. The van der Waals surface area contributed by atoms with Gasteiger partial charge in [-0.15, -0.1) is 0 Å².